The highest BCUT2D eigenvalue weighted by Crippen LogP contribution is 2.14. The smallest absolute Gasteiger partial charge is 0.223 e. The third kappa shape index (κ3) is 3.40. The van der Waals surface area contributed by atoms with E-state index in [1.54, 1.807) is 11.0 Å². The van der Waals surface area contributed by atoms with E-state index in [0.29, 0.717) is 19.4 Å². The van der Waals surface area contributed by atoms with Gasteiger partial charge in [0, 0.05) is 32.0 Å². The van der Waals surface area contributed by atoms with Gasteiger partial charge in [0.1, 0.15) is 0 Å². The van der Waals surface area contributed by atoms with Gasteiger partial charge in [0.25, 0.3) is 0 Å². The summed E-state index contributed by atoms with van der Waals surface area (Å²) in [5.74, 6) is 0.106. The average Bonchev–Trinajstić information content (AvgIpc) is 2.89. The normalized spacial score (nSPS) is 19.8. The first kappa shape index (κ1) is 13.2. The molecule has 0 saturated carbocycles. The number of nitrogens with two attached hydrogens (primary N) is 1. The second kappa shape index (κ2) is 6.11. The van der Waals surface area contributed by atoms with Crippen molar-refractivity contribution in [3.63, 3.8) is 0 Å². The lowest BCUT2D eigenvalue weighted by Gasteiger charge is -2.30. The molecule has 2 rings (SSSR count). The number of hydrogen-bond acceptors (Lipinski definition) is 4. The average molecular weight is 266 g/mol. The Morgan fingerprint density at radius 1 is 1.44 bits per heavy atom. The lowest BCUT2D eigenvalue weighted by atomic mass is 10.1. The molecule has 1 fully saturated rings. The van der Waals surface area contributed by atoms with Crippen LogP contribution in [0.5, 0.6) is 0 Å². The molecule has 2 N–H and O–H groups in total. The number of nitrogens with zero attached hydrogens (tertiary/aromatic N) is 1. The molecule has 5 heteroatoms. The fourth-order valence-electron chi connectivity index (χ4n) is 2.18. The highest BCUT2D eigenvalue weighted by Gasteiger charge is 2.21. The van der Waals surface area contributed by atoms with Gasteiger partial charge in [-0.05, 0) is 24.3 Å². The Bertz CT molecular complexity index is 417. The largest absolute Gasteiger partial charge is 0.341 e. The number of hydrogen-bond donors (Lipinski definition) is 1. The fourth-order valence-corrected chi connectivity index (χ4v) is 2.87. The van der Waals surface area contributed by atoms with Crippen molar-refractivity contribution >= 4 is 23.0 Å². The SMILES string of the molecule is NC1CCCN(C(=O)CCC(=O)c2cccs2)C1. The number of rotatable bonds is 4. The van der Waals surface area contributed by atoms with Crippen molar-refractivity contribution in [1.82, 2.24) is 4.90 Å². The van der Waals surface area contributed by atoms with Crippen molar-refractivity contribution in [3.05, 3.63) is 22.4 Å². The molecule has 0 bridgehead atoms. The summed E-state index contributed by atoms with van der Waals surface area (Å²) in [5.41, 5.74) is 5.84. The third-order valence-electron chi connectivity index (χ3n) is 3.17. The van der Waals surface area contributed by atoms with Gasteiger partial charge in [-0.25, -0.2) is 0 Å². The van der Waals surface area contributed by atoms with Crippen LogP contribution in [0.2, 0.25) is 0 Å². The number of carbonyl (C=O) groups excluding carboxylic acids is 2. The Morgan fingerprint density at radius 3 is 2.94 bits per heavy atom. The summed E-state index contributed by atoms with van der Waals surface area (Å²) >= 11 is 1.42. The summed E-state index contributed by atoms with van der Waals surface area (Å²) in [6, 6.07) is 3.74. The Labute approximate surface area is 111 Å². The first-order valence-electron chi connectivity index (χ1n) is 6.27. The van der Waals surface area contributed by atoms with Crippen LogP contribution >= 0.6 is 11.3 Å². The Hall–Kier alpha value is -1.20. The molecule has 1 aliphatic rings. The number of thiophene rings is 1. The van der Waals surface area contributed by atoms with Gasteiger partial charge in [-0.1, -0.05) is 6.07 Å². The number of piperidine rings is 1. The molecule has 0 radical (unpaired) electrons. The van der Waals surface area contributed by atoms with Gasteiger partial charge in [0.05, 0.1) is 4.88 Å². The van der Waals surface area contributed by atoms with Crippen LogP contribution in [0.15, 0.2) is 17.5 Å². The van der Waals surface area contributed by atoms with E-state index in [1.165, 1.54) is 11.3 Å². The summed E-state index contributed by atoms with van der Waals surface area (Å²) in [6.07, 6.45) is 2.54. The zero-order valence-electron chi connectivity index (χ0n) is 10.3. The van der Waals surface area contributed by atoms with Crippen molar-refractivity contribution in [2.75, 3.05) is 13.1 Å². The highest BCUT2D eigenvalue weighted by atomic mass is 32.1. The predicted molar refractivity (Wildman–Crippen MR) is 71.7 cm³/mol. The van der Waals surface area contributed by atoms with E-state index in [0.717, 1.165) is 24.3 Å². The molecule has 1 amide bonds. The van der Waals surface area contributed by atoms with Crippen molar-refractivity contribution in [3.8, 4) is 0 Å². The van der Waals surface area contributed by atoms with E-state index >= 15 is 0 Å². The number of likely N-dealkylation sites (tertiary alicyclic amines) is 1. The molecule has 1 saturated heterocycles. The molecule has 0 aliphatic carbocycles. The molecule has 1 aliphatic heterocycles. The van der Waals surface area contributed by atoms with Gasteiger partial charge in [-0.3, -0.25) is 9.59 Å². The number of carbonyl (C=O) groups is 2. The molecular weight excluding hydrogens is 248 g/mol. The Kier molecular flexibility index (Phi) is 4.49. The highest BCUT2D eigenvalue weighted by molar-refractivity contribution is 7.12. The minimum Gasteiger partial charge on any atom is -0.341 e. The van der Waals surface area contributed by atoms with Gasteiger partial charge < -0.3 is 10.6 Å². The Balaban J connectivity index is 1.79. The van der Waals surface area contributed by atoms with Crippen LogP contribution in [0.3, 0.4) is 0 Å². The van der Waals surface area contributed by atoms with Crippen molar-refractivity contribution in [2.45, 2.75) is 31.7 Å². The lowest BCUT2D eigenvalue weighted by molar-refractivity contribution is -0.132. The van der Waals surface area contributed by atoms with Crippen LogP contribution in [-0.2, 0) is 4.79 Å². The topological polar surface area (TPSA) is 63.4 Å². The van der Waals surface area contributed by atoms with Gasteiger partial charge in [-0.2, -0.15) is 0 Å². The van der Waals surface area contributed by atoms with Gasteiger partial charge in [0.2, 0.25) is 5.91 Å². The number of ketones is 1. The number of amides is 1. The van der Waals surface area contributed by atoms with E-state index in [1.807, 2.05) is 11.4 Å². The van der Waals surface area contributed by atoms with E-state index in [4.69, 9.17) is 5.73 Å². The molecule has 0 spiro atoms. The predicted octanol–water partition coefficient (Wildman–Crippen LogP) is 1.66. The Morgan fingerprint density at radius 2 is 2.28 bits per heavy atom. The van der Waals surface area contributed by atoms with E-state index in [2.05, 4.69) is 0 Å². The monoisotopic (exact) mass is 266 g/mol. The first-order chi connectivity index (χ1) is 8.66. The molecule has 2 heterocycles. The van der Waals surface area contributed by atoms with Crippen molar-refractivity contribution in [2.24, 2.45) is 5.73 Å². The van der Waals surface area contributed by atoms with Crippen LogP contribution in [-0.4, -0.2) is 35.7 Å². The van der Waals surface area contributed by atoms with Crippen LogP contribution < -0.4 is 5.73 Å². The maximum Gasteiger partial charge on any atom is 0.223 e. The van der Waals surface area contributed by atoms with Gasteiger partial charge >= 0.3 is 0 Å². The van der Waals surface area contributed by atoms with Crippen LogP contribution in [0.1, 0.15) is 35.4 Å². The van der Waals surface area contributed by atoms with E-state index in [9.17, 15) is 9.59 Å². The zero-order valence-corrected chi connectivity index (χ0v) is 11.1. The molecule has 18 heavy (non-hydrogen) atoms. The zero-order chi connectivity index (χ0) is 13.0. The van der Waals surface area contributed by atoms with E-state index in [-0.39, 0.29) is 17.7 Å². The summed E-state index contributed by atoms with van der Waals surface area (Å²) in [6.45, 7) is 1.41. The summed E-state index contributed by atoms with van der Waals surface area (Å²) in [7, 11) is 0. The molecule has 98 valence electrons. The molecule has 4 nitrogen and oxygen atoms in total. The van der Waals surface area contributed by atoms with Crippen LogP contribution in [0.25, 0.3) is 0 Å². The van der Waals surface area contributed by atoms with Crippen LogP contribution in [0, 0.1) is 0 Å². The van der Waals surface area contributed by atoms with Gasteiger partial charge in [0.15, 0.2) is 5.78 Å². The number of Topliss-reactive ketones (excluding diaryl/α,β-unsaturated/α-hetero) is 1. The van der Waals surface area contributed by atoms with Gasteiger partial charge in [-0.15, -0.1) is 11.3 Å². The fraction of sp³-hybridized carbons (Fsp3) is 0.538. The molecular formula is C13H18N2O2S. The standard InChI is InChI=1S/C13H18N2O2S/c14-10-3-1-7-15(9-10)13(17)6-5-11(16)12-4-2-8-18-12/h2,4,8,10H,1,3,5-7,9,14H2. The minimum absolute atomic E-state index is 0.0510. The molecule has 1 aromatic heterocycles. The lowest BCUT2D eigenvalue weighted by Crippen LogP contribution is -2.45. The third-order valence-corrected chi connectivity index (χ3v) is 4.08. The summed E-state index contributed by atoms with van der Waals surface area (Å²) < 4.78 is 0. The first-order valence-corrected chi connectivity index (χ1v) is 7.15. The summed E-state index contributed by atoms with van der Waals surface area (Å²) in [5, 5.41) is 1.87. The molecule has 1 aromatic rings. The molecule has 1 atom stereocenters. The van der Waals surface area contributed by atoms with Crippen molar-refractivity contribution < 1.29 is 9.59 Å². The second-order valence-corrected chi connectivity index (χ2v) is 5.59. The minimum atomic E-state index is 0.0510. The van der Waals surface area contributed by atoms with Crippen LogP contribution in [0.4, 0.5) is 0 Å². The molecule has 0 aromatic carbocycles. The maximum atomic E-state index is 11.9. The molecule has 1 unspecified atom stereocenters. The quantitative estimate of drug-likeness (QED) is 0.843. The maximum absolute atomic E-state index is 11.9. The van der Waals surface area contributed by atoms with Crippen molar-refractivity contribution in [1.29, 1.82) is 0 Å². The summed E-state index contributed by atoms with van der Waals surface area (Å²) in [4.78, 5) is 26.2. The van der Waals surface area contributed by atoms with E-state index < -0.39 is 0 Å². The second-order valence-electron chi connectivity index (χ2n) is 4.64.